The van der Waals surface area contributed by atoms with E-state index in [9.17, 15) is 9.90 Å². The number of carboxylic acid groups (broad SMARTS) is 1. The number of halogens is 1. The Morgan fingerprint density at radius 2 is 1.86 bits per heavy atom. The topological polar surface area (TPSA) is 37.3 Å². The molecule has 0 spiro atoms. The summed E-state index contributed by atoms with van der Waals surface area (Å²) in [7, 11) is 0. The Balaban J connectivity index is 4.35. The molecule has 1 N–H and O–H groups in total. The second-order valence-corrected chi connectivity index (χ2v) is 4.91. The van der Waals surface area contributed by atoms with Crippen LogP contribution in [0.3, 0.4) is 0 Å². The number of carbonyl (C=O) groups is 1. The van der Waals surface area contributed by atoms with Gasteiger partial charge < -0.3 is 5.11 Å². The summed E-state index contributed by atoms with van der Waals surface area (Å²) >= 11 is 2.31. The monoisotopic (exact) mass is 312 g/mol. The molecule has 0 saturated carbocycles. The lowest BCUT2D eigenvalue weighted by Crippen LogP contribution is -2.30. The summed E-state index contributed by atoms with van der Waals surface area (Å²) in [6.45, 7) is 4.11. The number of aliphatic carboxylic acids is 1. The van der Waals surface area contributed by atoms with Crippen molar-refractivity contribution in [3.8, 4) is 0 Å². The summed E-state index contributed by atoms with van der Waals surface area (Å²) in [4.78, 5) is 11.3. The van der Waals surface area contributed by atoms with Crippen molar-refractivity contribution in [2.45, 2.75) is 52.4 Å². The quantitative estimate of drug-likeness (QED) is 0.545. The van der Waals surface area contributed by atoms with Gasteiger partial charge in [0.05, 0.1) is 5.41 Å². The van der Waals surface area contributed by atoms with Crippen LogP contribution in [-0.2, 0) is 4.79 Å². The molecule has 2 nitrogen and oxygen atoms in total. The average Bonchev–Trinajstić information content (AvgIpc) is 2.18. The molecule has 84 valence electrons. The number of hydrogen-bond donors (Lipinski definition) is 1. The fourth-order valence-corrected chi connectivity index (χ4v) is 2.15. The van der Waals surface area contributed by atoms with E-state index in [4.69, 9.17) is 0 Å². The first-order valence-electron chi connectivity index (χ1n) is 5.42. The van der Waals surface area contributed by atoms with Crippen molar-refractivity contribution in [2.24, 2.45) is 5.41 Å². The second-order valence-electron chi connectivity index (χ2n) is 3.84. The van der Waals surface area contributed by atoms with Gasteiger partial charge in [0.15, 0.2) is 0 Å². The lowest BCUT2D eigenvalue weighted by atomic mass is 9.76. The molecule has 1 unspecified atom stereocenters. The van der Waals surface area contributed by atoms with E-state index in [0.29, 0.717) is 0 Å². The molecule has 0 heterocycles. The Labute approximate surface area is 101 Å². The van der Waals surface area contributed by atoms with E-state index in [0.717, 1.165) is 43.0 Å². The van der Waals surface area contributed by atoms with Crippen molar-refractivity contribution < 1.29 is 9.90 Å². The van der Waals surface area contributed by atoms with Gasteiger partial charge in [0.1, 0.15) is 0 Å². The minimum atomic E-state index is -0.599. The van der Waals surface area contributed by atoms with Gasteiger partial charge in [-0.2, -0.15) is 0 Å². The van der Waals surface area contributed by atoms with Gasteiger partial charge in [-0.15, -0.1) is 0 Å². The summed E-state index contributed by atoms with van der Waals surface area (Å²) in [6.07, 6.45) is 5.57. The van der Waals surface area contributed by atoms with Crippen LogP contribution in [-0.4, -0.2) is 15.5 Å². The molecule has 14 heavy (non-hydrogen) atoms. The molecule has 0 fully saturated rings. The van der Waals surface area contributed by atoms with Crippen LogP contribution in [0.1, 0.15) is 52.4 Å². The summed E-state index contributed by atoms with van der Waals surface area (Å²) in [6, 6.07) is 0. The van der Waals surface area contributed by atoms with Gasteiger partial charge in [-0.3, -0.25) is 4.79 Å². The van der Waals surface area contributed by atoms with Crippen molar-refractivity contribution in [2.75, 3.05) is 4.43 Å². The maximum absolute atomic E-state index is 11.3. The van der Waals surface area contributed by atoms with Crippen LogP contribution in [0, 0.1) is 5.41 Å². The predicted octanol–water partition coefficient (Wildman–Crippen LogP) is 3.87. The van der Waals surface area contributed by atoms with Gasteiger partial charge in [0.25, 0.3) is 0 Å². The van der Waals surface area contributed by atoms with Crippen LogP contribution in [0.25, 0.3) is 0 Å². The number of hydrogen-bond acceptors (Lipinski definition) is 1. The molecule has 0 aliphatic carbocycles. The molecule has 0 aliphatic rings. The first kappa shape index (κ1) is 14.2. The molecule has 0 rings (SSSR count). The third-order valence-corrected chi connectivity index (χ3v) is 3.69. The Morgan fingerprint density at radius 1 is 1.29 bits per heavy atom. The normalized spacial score (nSPS) is 15.1. The van der Waals surface area contributed by atoms with Gasteiger partial charge >= 0.3 is 5.97 Å². The van der Waals surface area contributed by atoms with Crippen molar-refractivity contribution in [1.29, 1.82) is 0 Å². The standard InChI is InChI=1S/C11H21IO2/c1-3-5-7-11(4-2,10(13)14)8-6-9-12/h3-9H2,1-2H3,(H,13,14). The molecule has 0 bridgehead atoms. The highest BCUT2D eigenvalue weighted by molar-refractivity contribution is 14.1. The van der Waals surface area contributed by atoms with Gasteiger partial charge in [-0.05, 0) is 30.1 Å². The van der Waals surface area contributed by atoms with Crippen LogP contribution in [0.5, 0.6) is 0 Å². The number of rotatable bonds is 8. The highest BCUT2D eigenvalue weighted by Gasteiger charge is 2.34. The molecule has 3 heteroatoms. The van der Waals surface area contributed by atoms with Crippen LogP contribution in [0.2, 0.25) is 0 Å². The highest BCUT2D eigenvalue weighted by atomic mass is 127. The summed E-state index contributed by atoms with van der Waals surface area (Å²) in [5, 5.41) is 9.27. The largest absolute Gasteiger partial charge is 0.481 e. The zero-order valence-corrected chi connectivity index (χ0v) is 11.3. The van der Waals surface area contributed by atoms with Gasteiger partial charge in [0, 0.05) is 0 Å². The molecule has 1 atom stereocenters. The number of unbranched alkanes of at least 4 members (excludes halogenated alkanes) is 1. The summed E-state index contributed by atoms with van der Waals surface area (Å²) in [5.74, 6) is -0.599. The van der Waals surface area contributed by atoms with Crippen LogP contribution >= 0.6 is 22.6 Å². The molecular formula is C11H21IO2. The predicted molar refractivity (Wildman–Crippen MR) is 68.0 cm³/mol. The average molecular weight is 312 g/mol. The number of carboxylic acids is 1. The molecule has 0 amide bonds. The zero-order chi connectivity index (χ0) is 11.0. The van der Waals surface area contributed by atoms with Crippen molar-refractivity contribution in [3.05, 3.63) is 0 Å². The van der Waals surface area contributed by atoms with Crippen LogP contribution < -0.4 is 0 Å². The maximum Gasteiger partial charge on any atom is 0.309 e. The van der Waals surface area contributed by atoms with E-state index in [1.807, 2.05) is 6.92 Å². The molecular weight excluding hydrogens is 291 g/mol. The maximum atomic E-state index is 11.3. The van der Waals surface area contributed by atoms with Gasteiger partial charge in [-0.25, -0.2) is 0 Å². The Bertz CT molecular complexity index is 161. The number of alkyl halides is 1. The Kier molecular flexibility index (Phi) is 7.59. The van der Waals surface area contributed by atoms with E-state index in [1.165, 1.54) is 0 Å². The van der Waals surface area contributed by atoms with E-state index in [-0.39, 0.29) is 0 Å². The van der Waals surface area contributed by atoms with E-state index in [2.05, 4.69) is 29.5 Å². The van der Waals surface area contributed by atoms with Crippen molar-refractivity contribution in [3.63, 3.8) is 0 Å². The lowest BCUT2D eigenvalue weighted by Gasteiger charge is -2.27. The zero-order valence-electron chi connectivity index (χ0n) is 9.18. The SMILES string of the molecule is CCCCC(CC)(CCCI)C(=O)O. The van der Waals surface area contributed by atoms with E-state index < -0.39 is 11.4 Å². The van der Waals surface area contributed by atoms with Gasteiger partial charge in [0.2, 0.25) is 0 Å². The minimum absolute atomic E-state index is 0.443. The third-order valence-electron chi connectivity index (χ3n) is 2.93. The van der Waals surface area contributed by atoms with Crippen molar-refractivity contribution in [1.82, 2.24) is 0 Å². The molecule has 0 aromatic rings. The molecule has 0 aliphatic heterocycles. The summed E-state index contributed by atoms with van der Waals surface area (Å²) in [5.41, 5.74) is -0.443. The van der Waals surface area contributed by atoms with E-state index in [1.54, 1.807) is 0 Å². The highest BCUT2D eigenvalue weighted by Crippen LogP contribution is 2.34. The van der Waals surface area contributed by atoms with Crippen LogP contribution in [0.15, 0.2) is 0 Å². The molecule has 0 aromatic heterocycles. The Morgan fingerprint density at radius 3 is 2.21 bits per heavy atom. The third kappa shape index (κ3) is 4.15. The van der Waals surface area contributed by atoms with Crippen molar-refractivity contribution >= 4 is 28.6 Å². The minimum Gasteiger partial charge on any atom is -0.481 e. The lowest BCUT2D eigenvalue weighted by molar-refractivity contribution is -0.150. The molecule has 0 radical (unpaired) electrons. The molecule has 0 aromatic carbocycles. The van der Waals surface area contributed by atoms with Gasteiger partial charge in [-0.1, -0.05) is 49.3 Å². The fraction of sp³-hybridized carbons (Fsp3) is 0.909. The van der Waals surface area contributed by atoms with E-state index >= 15 is 0 Å². The first-order valence-corrected chi connectivity index (χ1v) is 6.95. The smallest absolute Gasteiger partial charge is 0.309 e. The Hall–Kier alpha value is 0.200. The fourth-order valence-electron chi connectivity index (χ4n) is 1.76. The second kappa shape index (κ2) is 7.49. The summed E-state index contributed by atoms with van der Waals surface area (Å²) < 4.78 is 1.05. The molecule has 0 saturated heterocycles. The first-order chi connectivity index (χ1) is 6.63. The van der Waals surface area contributed by atoms with Crippen LogP contribution in [0.4, 0.5) is 0 Å².